The van der Waals surface area contributed by atoms with Crippen LogP contribution in [-0.2, 0) is 10.2 Å². The minimum atomic E-state index is -1.55. The second-order valence-corrected chi connectivity index (χ2v) is 10.5. The van der Waals surface area contributed by atoms with Gasteiger partial charge in [0.05, 0.1) is 11.4 Å². The summed E-state index contributed by atoms with van der Waals surface area (Å²) in [4.78, 5) is 47.2. The maximum absolute atomic E-state index is 14.6. The van der Waals surface area contributed by atoms with Gasteiger partial charge < -0.3 is 9.80 Å². The summed E-state index contributed by atoms with van der Waals surface area (Å²) in [6, 6.07) is 30.6. The minimum Gasteiger partial charge on any atom is -0.314 e. The van der Waals surface area contributed by atoms with Crippen molar-refractivity contribution in [2.75, 3.05) is 16.8 Å². The average molecular weight is 507 g/mol. The number of nitrogens with zero attached hydrogens (tertiary/aromatic N) is 2. The molecule has 4 aromatic carbocycles. The van der Waals surface area contributed by atoms with Gasteiger partial charge in [0.2, 0.25) is 5.91 Å². The van der Waals surface area contributed by atoms with Gasteiger partial charge in [-0.05, 0) is 25.1 Å². The molecule has 186 valence electrons. The summed E-state index contributed by atoms with van der Waals surface area (Å²) in [5.41, 5.74) is 6.41. The van der Waals surface area contributed by atoms with Crippen molar-refractivity contribution in [3.05, 3.63) is 142 Å². The number of benzene rings is 4. The van der Waals surface area contributed by atoms with Gasteiger partial charge in [-0.1, -0.05) is 84.4 Å². The molecule has 0 radical (unpaired) electrons. The van der Waals surface area contributed by atoms with Gasteiger partial charge in [-0.3, -0.25) is 14.4 Å². The summed E-state index contributed by atoms with van der Waals surface area (Å²) < 4.78 is 0. The highest BCUT2D eigenvalue weighted by Gasteiger charge is 2.65. The third kappa shape index (κ3) is 2.43. The summed E-state index contributed by atoms with van der Waals surface area (Å²) in [7, 11) is 1.72. The first-order chi connectivity index (χ1) is 19.0. The molecule has 0 saturated heterocycles. The summed E-state index contributed by atoms with van der Waals surface area (Å²) in [6.45, 7) is 2.02. The number of amides is 1. The summed E-state index contributed by atoms with van der Waals surface area (Å²) in [6.07, 6.45) is 0. The number of ketones is 2. The molecule has 4 aliphatic rings. The average Bonchev–Trinajstić information content (AvgIpc) is 3.52. The molecule has 0 bridgehead atoms. The number of hydrogen-bond acceptors (Lipinski definition) is 4. The van der Waals surface area contributed by atoms with Crippen LogP contribution in [0.1, 0.15) is 43.0 Å². The molecule has 2 aliphatic heterocycles. The molecular weight excluding hydrogens is 484 g/mol. The van der Waals surface area contributed by atoms with E-state index in [2.05, 4.69) is 0 Å². The molecule has 1 amide bonds. The van der Waals surface area contributed by atoms with Gasteiger partial charge in [0.15, 0.2) is 11.6 Å². The Hall–Kier alpha value is -5.03. The largest absolute Gasteiger partial charge is 0.314 e. The van der Waals surface area contributed by atoms with Gasteiger partial charge >= 0.3 is 0 Å². The third-order valence-corrected chi connectivity index (χ3v) is 8.57. The molecule has 0 saturated carbocycles. The molecule has 0 unspecified atom stereocenters. The fraction of sp³-hybridized carbons (Fsp3) is 0.0882. The molecule has 8 rings (SSSR count). The van der Waals surface area contributed by atoms with Crippen molar-refractivity contribution in [2.24, 2.45) is 0 Å². The van der Waals surface area contributed by atoms with Crippen molar-refractivity contribution in [2.45, 2.75) is 12.3 Å². The molecule has 1 spiro atoms. The summed E-state index contributed by atoms with van der Waals surface area (Å²) >= 11 is 0. The third-order valence-electron chi connectivity index (χ3n) is 8.57. The van der Waals surface area contributed by atoms with Gasteiger partial charge in [0.1, 0.15) is 5.41 Å². The smallest absolute Gasteiger partial charge is 0.246 e. The van der Waals surface area contributed by atoms with Crippen LogP contribution < -0.4 is 9.80 Å². The fourth-order valence-corrected chi connectivity index (χ4v) is 6.92. The zero-order valence-electron chi connectivity index (χ0n) is 21.4. The van der Waals surface area contributed by atoms with Crippen molar-refractivity contribution < 1.29 is 14.4 Å². The van der Waals surface area contributed by atoms with E-state index in [0.29, 0.717) is 44.9 Å². The Labute approximate surface area is 225 Å². The Morgan fingerprint density at radius 3 is 1.64 bits per heavy atom. The SMILES string of the molecule is Cc1ccc(N2C3=C(C(=O)c4ccccc43)C3(C(=O)N(C)c4ccccc43)C3=C2c2ccccc2C3=O)cc1. The topological polar surface area (TPSA) is 57.7 Å². The van der Waals surface area contributed by atoms with Crippen molar-refractivity contribution in [3.63, 3.8) is 0 Å². The van der Waals surface area contributed by atoms with E-state index in [4.69, 9.17) is 0 Å². The minimum absolute atomic E-state index is 0.216. The molecule has 39 heavy (non-hydrogen) atoms. The number of likely N-dealkylation sites (N-methyl/N-ethyl adjacent to an activating group) is 1. The molecule has 5 nitrogen and oxygen atoms in total. The lowest BCUT2D eigenvalue weighted by atomic mass is 9.65. The van der Waals surface area contributed by atoms with Gasteiger partial charge in [-0.2, -0.15) is 0 Å². The van der Waals surface area contributed by atoms with Crippen LogP contribution in [0.2, 0.25) is 0 Å². The van der Waals surface area contributed by atoms with Gasteiger partial charge in [-0.15, -0.1) is 0 Å². The Morgan fingerprint density at radius 1 is 0.590 bits per heavy atom. The van der Waals surface area contributed by atoms with Crippen LogP contribution in [0.25, 0.3) is 11.4 Å². The van der Waals surface area contributed by atoms with E-state index in [9.17, 15) is 14.4 Å². The van der Waals surface area contributed by atoms with E-state index >= 15 is 0 Å². The van der Waals surface area contributed by atoms with Gasteiger partial charge in [0.25, 0.3) is 0 Å². The van der Waals surface area contributed by atoms with E-state index in [0.717, 1.165) is 22.4 Å². The molecule has 4 aromatic rings. The number of carbonyl (C=O) groups is 3. The molecular formula is C34H22N2O3. The van der Waals surface area contributed by atoms with Gasteiger partial charge in [-0.25, -0.2) is 0 Å². The number of anilines is 2. The normalized spacial score (nSPS) is 18.1. The maximum atomic E-state index is 14.6. The van der Waals surface area contributed by atoms with E-state index in [1.807, 2.05) is 109 Å². The molecule has 0 N–H and O–H groups in total. The number of fused-ring (bicyclic) bond motifs is 8. The lowest BCUT2D eigenvalue weighted by molar-refractivity contribution is -0.120. The molecule has 0 aromatic heterocycles. The molecule has 0 atom stereocenters. The quantitative estimate of drug-likeness (QED) is 0.320. The predicted octanol–water partition coefficient (Wildman–Crippen LogP) is 5.94. The van der Waals surface area contributed by atoms with Crippen LogP contribution in [-0.4, -0.2) is 24.5 Å². The van der Waals surface area contributed by atoms with Crippen LogP contribution in [0.15, 0.2) is 108 Å². The van der Waals surface area contributed by atoms with Crippen molar-refractivity contribution >= 4 is 40.2 Å². The van der Waals surface area contributed by atoms with E-state index in [1.54, 1.807) is 11.9 Å². The van der Waals surface area contributed by atoms with E-state index in [-0.39, 0.29) is 17.5 Å². The highest BCUT2D eigenvalue weighted by molar-refractivity contribution is 6.39. The van der Waals surface area contributed by atoms with Crippen LogP contribution in [0.4, 0.5) is 11.4 Å². The highest BCUT2D eigenvalue weighted by Crippen LogP contribution is 2.63. The van der Waals surface area contributed by atoms with E-state index < -0.39 is 5.41 Å². The Balaban J connectivity index is 1.59. The lowest BCUT2D eigenvalue weighted by Gasteiger charge is -2.41. The summed E-state index contributed by atoms with van der Waals surface area (Å²) in [5.74, 6) is -0.715. The van der Waals surface area contributed by atoms with Crippen LogP contribution >= 0.6 is 0 Å². The summed E-state index contributed by atoms with van der Waals surface area (Å²) in [5, 5.41) is 0. The molecule has 2 heterocycles. The van der Waals surface area contributed by atoms with Crippen LogP contribution in [0.3, 0.4) is 0 Å². The van der Waals surface area contributed by atoms with Crippen molar-refractivity contribution in [1.29, 1.82) is 0 Å². The number of rotatable bonds is 1. The van der Waals surface area contributed by atoms with E-state index in [1.165, 1.54) is 0 Å². The zero-order valence-corrected chi connectivity index (χ0v) is 21.4. The van der Waals surface area contributed by atoms with Gasteiger partial charge in [0, 0.05) is 57.4 Å². The Bertz CT molecular complexity index is 1810. The van der Waals surface area contributed by atoms with Crippen LogP contribution in [0, 0.1) is 6.92 Å². The Morgan fingerprint density at radius 2 is 1.08 bits per heavy atom. The monoisotopic (exact) mass is 506 g/mol. The number of aryl methyl sites for hydroxylation is 1. The standard InChI is InChI=1S/C34H22N2O3/c1-19-15-17-20(18-16-19)36-29-21-9-3-5-11-23(21)31(37)27(29)34(25-13-7-8-14-26(25)35(2)33(34)39)28-30(36)22-10-4-6-12-24(22)32(28)38/h3-18H,1-2H3. The van der Waals surface area contributed by atoms with Crippen molar-refractivity contribution in [1.82, 2.24) is 0 Å². The second-order valence-electron chi connectivity index (χ2n) is 10.5. The van der Waals surface area contributed by atoms with Crippen LogP contribution in [0.5, 0.6) is 0 Å². The second kappa shape index (κ2) is 7.29. The first-order valence-electron chi connectivity index (χ1n) is 13.0. The Kier molecular flexibility index (Phi) is 4.11. The zero-order chi connectivity index (χ0) is 26.6. The molecule has 2 aliphatic carbocycles. The molecule has 0 fully saturated rings. The van der Waals surface area contributed by atoms with Crippen molar-refractivity contribution in [3.8, 4) is 0 Å². The molecule has 5 heteroatoms. The maximum Gasteiger partial charge on any atom is 0.246 e. The first kappa shape index (κ1) is 22.0. The highest BCUT2D eigenvalue weighted by atomic mass is 16.2. The number of Topliss-reactive ketones (excluding diaryl/α,β-unsaturated/α-hetero) is 2. The fourth-order valence-electron chi connectivity index (χ4n) is 6.92. The number of para-hydroxylation sites is 1. The lowest BCUT2D eigenvalue weighted by Crippen LogP contribution is -2.48. The first-order valence-corrected chi connectivity index (χ1v) is 13.0. The number of hydrogen-bond donors (Lipinski definition) is 0. The number of carbonyl (C=O) groups excluding carboxylic acids is 3. The predicted molar refractivity (Wildman–Crippen MR) is 151 cm³/mol.